The van der Waals surface area contributed by atoms with Crippen LogP contribution in [-0.4, -0.2) is 31.7 Å². The highest BCUT2D eigenvalue weighted by Crippen LogP contribution is 2.36. The molecule has 0 saturated carbocycles. The number of halogens is 4. The SMILES string of the molecule is CC(NC(=O)C1CCN(S(=O)(=O)c2ccccc2C(F)(F)F)CC1)c1cccc(Cl)c1. The molecule has 0 radical (unpaired) electrons. The molecular weight excluding hydrogens is 453 g/mol. The molecule has 0 aliphatic carbocycles. The number of carbonyl (C=O) groups is 1. The van der Waals surface area contributed by atoms with Gasteiger partial charge in [-0.05, 0) is 49.6 Å². The molecule has 1 atom stereocenters. The van der Waals surface area contributed by atoms with Gasteiger partial charge in [0, 0.05) is 24.0 Å². The Kier molecular flexibility index (Phi) is 6.98. The van der Waals surface area contributed by atoms with Gasteiger partial charge in [0.2, 0.25) is 15.9 Å². The van der Waals surface area contributed by atoms with Crippen LogP contribution in [-0.2, 0) is 21.0 Å². The van der Waals surface area contributed by atoms with E-state index in [2.05, 4.69) is 5.32 Å². The molecule has 0 aromatic heterocycles. The molecule has 0 spiro atoms. The van der Waals surface area contributed by atoms with Crippen LogP contribution in [0.3, 0.4) is 0 Å². The molecule has 1 unspecified atom stereocenters. The van der Waals surface area contributed by atoms with Crippen molar-refractivity contribution in [2.24, 2.45) is 5.92 Å². The van der Waals surface area contributed by atoms with E-state index in [4.69, 9.17) is 11.6 Å². The van der Waals surface area contributed by atoms with Gasteiger partial charge < -0.3 is 5.32 Å². The van der Waals surface area contributed by atoms with Gasteiger partial charge >= 0.3 is 6.18 Å². The largest absolute Gasteiger partial charge is 0.417 e. The van der Waals surface area contributed by atoms with E-state index < -0.39 is 32.6 Å². The van der Waals surface area contributed by atoms with E-state index in [-0.39, 0.29) is 37.9 Å². The number of benzene rings is 2. The summed E-state index contributed by atoms with van der Waals surface area (Å²) in [6.45, 7) is 1.76. The van der Waals surface area contributed by atoms with Crippen LogP contribution in [0.1, 0.15) is 36.9 Å². The van der Waals surface area contributed by atoms with Crippen LogP contribution >= 0.6 is 11.6 Å². The number of hydrogen-bond donors (Lipinski definition) is 1. The Bertz CT molecular complexity index is 1050. The molecule has 1 aliphatic rings. The molecule has 0 bridgehead atoms. The molecule has 10 heteroatoms. The van der Waals surface area contributed by atoms with Crippen molar-refractivity contribution in [1.82, 2.24) is 9.62 Å². The predicted octanol–water partition coefficient (Wildman–Crippen LogP) is 4.64. The minimum atomic E-state index is -4.78. The maximum absolute atomic E-state index is 13.3. The number of rotatable bonds is 5. The topological polar surface area (TPSA) is 66.5 Å². The average molecular weight is 475 g/mol. The van der Waals surface area contributed by atoms with E-state index in [0.29, 0.717) is 5.02 Å². The molecule has 3 rings (SSSR count). The van der Waals surface area contributed by atoms with Crippen molar-refractivity contribution < 1.29 is 26.4 Å². The summed E-state index contributed by atoms with van der Waals surface area (Å²) in [5.74, 6) is -0.647. The van der Waals surface area contributed by atoms with Crippen LogP contribution in [0.4, 0.5) is 13.2 Å². The number of hydrogen-bond acceptors (Lipinski definition) is 3. The van der Waals surface area contributed by atoms with Crippen LogP contribution < -0.4 is 5.32 Å². The number of sulfonamides is 1. The zero-order chi connectivity index (χ0) is 22.8. The van der Waals surface area contributed by atoms with Crippen LogP contribution in [0.2, 0.25) is 5.02 Å². The van der Waals surface area contributed by atoms with Crippen molar-refractivity contribution in [2.75, 3.05) is 13.1 Å². The lowest BCUT2D eigenvalue weighted by atomic mass is 9.96. The molecule has 168 valence electrons. The summed E-state index contributed by atoms with van der Waals surface area (Å²) in [6, 6.07) is 10.9. The number of piperidine rings is 1. The summed E-state index contributed by atoms with van der Waals surface area (Å²) in [5, 5.41) is 3.45. The molecule has 5 nitrogen and oxygen atoms in total. The minimum Gasteiger partial charge on any atom is -0.349 e. The van der Waals surface area contributed by atoms with Crippen LogP contribution in [0.15, 0.2) is 53.4 Å². The zero-order valence-electron chi connectivity index (χ0n) is 16.7. The number of amides is 1. The zero-order valence-corrected chi connectivity index (χ0v) is 18.3. The van der Waals surface area contributed by atoms with Gasteiger partial charge in [0.25, 0.3) is 0 Å². The molecular formula is C21H22ClF3N2O3S. The van der Waals surface area contributed by atoms with Gasteiger partial charge in [0.1, 0.15) is 0 Å². The van der Waals surface area contributed by atoms with E-state index in [9.17, 15) is 26.4 Å². The third-order valence-electron chi connectivity index (χ3n) is 5.34. The highest BCUT2D eigenvalue weighted by atomic mass is 35.5. The maximum Gasteiger partial charge on any atom is 0.417 e. The Balaban J connectivity index is 1.66. The van der Waals surface area contributed by atoms with Gasteiger partial charge in [-0.15, -0.1) is 0 Å². The van der Waals surface area contributed by atoms with Gasteiger partial charge in [-0.3, -0.25) is 4.79 Å². The number of alkyl halides is 3. The third kappa shape index (κ3) is 5.39. The first kappa shape index (κ1) is 23.6. The predicted molar refractivity (Wildman–Crippen MR) is 111 cm³/mol. The Hall–Kier alpha value is -2.10. The fourth-order valence-electron chi connectivity index (χ4n) is 3.61. The Morgan fingerprint density at radius 2 is 1.77 bits per heavy atom. The van der Waals surface area contributed by atoms with Crippen LogP contribution in [0.5, 0.6) is 0 Å². The van der Waals surface area contributed by atoms with Gasteiger partial charge in [-0.25, -0.2) is 8.42 Å². The monoisotopic (exact) mass is 474 g/mol. The number of carbonyl (C=O) groups excluding carboxylic acids is 1. The fourth-order valence-corrected chi connectivity index (χ4v) is 5.49. The summed E-state index contributed by atoms with van der Waals surface area (Å²) in [4.78, 5) is 11.9. The standard InChI is InChI=1S/C21H22ClF3N2O3S/c1-14(16-5-4-6-17(22)13-16)26-20(28)15-9-11-27(12-10-15)31(29,30)19-8-3-2-7-18(19)21(23,24)25/h2-8,13-15H,9-12H2,1H3,(H,26,28). The molecule has 1 fully saturated rings. The second-order valence-corrected chi connectivity index (χ2v) is 9.80. The van der Waals surface area contributed by atoms with Crippen LogP contribution in [0.25, 0.3) is 0 Å². The van der Waals surface area contributed by atoms with Crippen molar-refractivity contribution in [3.05, 3.63) is 64.7 Å². The van der Waals surface area contributed by atoms with Crippen molar-refractivity contribution in [3.8, 4) is 0 Å². The minimum absolute atomic E-state index is 0.0296. The van der Waals surface area contributed by atoms with E-state index in [1.165, 1.54) is 6.07 Å². The van der Waals surface area contributed by atoms with Crippen molar-refractivity contribution in [2.45, 2.75) is 36.9 Å². The third-order valence-corrected chi connectivity index (χ3v) is 7.53. The first-order valence-corrected chi connectivity index (χ1v) is 11.5. The van der Waals surface area contributed by atoms with E-state index in [1.54, 1.807) is 18.2 Å². The van der Waals surface area contributed by atoms with E-state index in [1.807, 2.05) is 13.0 Å². The fraction of sp³-hybridized carbons (Fsp3) is 0.381. The molecule has 2 aromatic rings. The second kappa shape index (κ2) is 9.18. The quantitative estimate of drug-likeness (QED) is 0.686. The lowest BCUT2D eigenvalue weighted by molar-refractivity contribution is -0.139. The number of nitrogens with one attached hydrogen (secondary N) is 1. The normalized spacial score (nSPS) is 17.3. The smallest absolute Gasteiger partial charge is 0.349 e. The molecule has 1 saturated heterocycles. The van der Waals surface area contributed by atoms with Crippen molar-refractivity contribution in [1.29, 1.82) is 0 Å². The first-order valence-electron chi connectivity index (χ1n) is 9.72. The summed E-state index contributed by atoms with van der Waals surface area (Å²) in [7, 11) is -4.33. The highest BCUT2D eigenvalue weighted by Gasteiger charge is 2.40. The van der Waals surface area contributed by atoms with E-state index >= 15 is 0 Å². The summed E-state index contributed by atoms with van der Waals surface area (Å²) >= 11 is 5.98. The van der Waals surface area contributed by atoms with E-state index in [0.717, 1.165) is 28.1 Å². The lowest BCUT2D eigenvalue weighted by Crippen LogP contribution is -2.43. The van der Waals surface area contributed by atoms with Gasteiger partial charge in [-0.1, -0.05) is 35.9 Å². The molecule has 1 N–H and O–H groups in total. The average Bonchev–Trinajstić information content (AvgIpc) is 2.73. The molecule has 1 amide bonds. The van der Waals surface area contributed by atoms with Crippen LogP contribution in [0, 0.1) is 5.92 Å². The Morgan fingerprint density at radius 1 is 1.13 bits per heavy atom. The molecule has 1 aliphatic heterocycles. The van der Waals surface area contributed by atoms with Gasteiger partial charge in [-0.2, -0.15) is 17.5 Å². The Labute approximate surface area is 184 Å². The second-order valence-electron chi connectivity index (χ2n) is 7.46. The first-order chi connectivity index (χ1) is 14.5. The summed E-state index contributed by atoms with van der Waals surface area (Å²) < 4.78 is 66.5. The molecule has 2 aromatic carbocycles. The van der Waals surface area contributed by atoms with Gasteiger partial charge in [0.15, 0.2) is 0 Å². The summed E-state index contributed by atoms with van der Waals surface area (Å²) in [5.41, 5.74) is -0.352. The van der Waals surface area contributed by atoms with Crippen molar-refractivity contribution >= 4 is 27.5 Å². The van der Waals surface area contributed by atoms with Crippen molar-refractivity contribution in [3.63, 3.8) is 0 Å². The summed E-state index contributed by atoms with van der Waals surface area (Å²) in [6.07, 6.45) is -4.33. The molecule has 1 heterocycles. The Morgan fingerprint density at radius 3 is 2.39 bits per heavy atom. The maximum atomic E-state index is 13.3. The number of nitrogens with zero attached hydrogens (tertiary/aromatic N) is 1. The van der Waals surface area contributed by atoms with Gasteiger partial charge in [0.05, 0.1) is 16.5 Å². The lowest BCUT2D eigenvalue weighted by Gasteiger charge is -2.31. The molecule has 31 heavy (non-hydrogen) atoms. The highest BCUT2D eigenvalue weighted by molar-refractivity contribution is 7.89.